The number of nitriles is 1. The third kappa shape index (κ3) is 4.65. The summed E-state index contributed by atoms with van der Waals surface area (Å²) in [4.78, 5) is 0. The van der Waals surface area contributed by atoms with E-state index in [4.69, 9.17) is 4.42 Å². The van der Waals surface area contributed by atoms with E-state index in [1.807, 2.05) is 41.7 Å². The van der Waals surface area contributed by atoms with Crippen molar-refractivity contribution in [2.75, 3.05) is 0 Å². The molecule has 8 aromatic carbocycles. The van der Waals surface area contributed by atoms with Crippen molar-refractivity contribution in [2.45, 2.75) is 0 Å². The minimum absolute atomic E-state index is 0.662. The van der Waals surface area contributed by atoms with Crippen LogP contribution in [0.25, 0.3) is 103 Å². The number of nitrogens with zero attached hydrogens (tertiary/aromatic N) is 2. The summed E-state index contributed by atoms with van der Waals surface area (Å²) in [5.41, 5.74) is 12.6. The number of hydrogen-bond acceptors (Lipinski definition) is 3. The van der Waals surface area contributed by atoms with Gasteiger partial charge in [-0.3, -0.25) is 0 Å². The molecule has 0 unspecified atom stereocenters. The highest BCUT2D eigenvalue weighted by Crippen LogP contribution is 2.43. The number of para-hydroxylation sites is 2. The minimum atomic E-state index is 0.662. The maximum atomic E-state index is 9.28. The predicted molar refractivity (Wildman–Crippen MR) is 222 cm³/mol. The normalized spacial score (nSPS) is 11.8. The summed E-state index contributed by atoms with van der Waals surface area (Å²) in [7, 11) is 0. The van der Waals surface area contributed by atoms with E-state index in [9.17, 15) is 5.26 Å². The van der Waals surface area contributed by atoms with E-state index >= 15 is 0 Å². The lowest BCUT2D eigenvalue weighted by atomic mass is 9.95. The van der Waals surface area contributed by atoms with E-state index in [0.29, 0.717) is 5.56 Å². The lowest BCUT2D eigenvalue weighted by Gasteiger charge is -2.14. The lowest BCUT2D eigenvalue weighted by molar-refractivity contribution is 0.673. The molecule has 11 aromatic rings. The van der Waals surface area contributed by atoms with Crippen LogP contribution < -0.4 is 0 Å². The number of fused-ring (bicyclic) bond motifs is 10. The average Bonchev–Trinajstić information content (AvgIpc) is 3.90. The van der Waals surface area contributed by atoms with Gasteiger partial charge in [-0.2, -0.15) is 5.26 Å². The van der Waals surface area contributed by atoms with Gasteiger partial charge in [0.25, 0.3) is 0 Å². The van der Waals surface area contributed by atoms with E-state index in [2.05, 4.69) is 150 Å². The lowest BCUT2D eigenvalue weighted by Crippen LogP contribution is -1.96. The van der Waals surface area contributed by atoms with Gasteiger partial charge in [-0.05, 0) is 100 Å². The van der Waals surface area contributed by atoms with Crippen LogP contribution in [0.2, 0.25) is 0 Å². The van der Waals surface area contributed by atoms with Crippen molar-refractivity contribution in [1.82, 2.24) is 4.57 Å². The first-order valence-electron chi connectivity index (χ1n) is 17.7. The van der Waals surface area contributed by atoms with Crippen molar-refractivity contribution in [2.24, 2.45) is 0 Å². The molecule has 0 spiro atoms. The largest absolute Gasteiger partial charge is 0.455 e. The quantitative estimate of drug-likeness (QED) is 0.184. The van der Waals surface area contributed by atoms with Crippen LogP contribution in [0.3, 0.4) is 0 Å². The van der Waals surface area contributed by atoms with E-state index in [0.717, 1.165) is 77.2 Å². The predicted octanol–water partition coefficient (Wildman–Crippen LogP) is 13.9. The fourth-order valence-corrected chi connectivity index (χ4v) is 9.23. The number of rotatable bonds is 4. The molecule has 0 amide bonds. The van der Waals surface area contributed by atoms with Crippen LogP contribution in [0.1, 0.15) is 5.56 Å². The Morgan fingerprint density at radius 1 is 0.453 bits per heavy atom. The highest BCUT2D eigenvalue weighted by molar-refractivity contribution is 7.25. The van der Waals surface area contributed by atoms with Gasteiger partial charge in [-0.1, -0.05) is 103 Å². The summed E-state index contributed by atoms with van der Waals surface area (Å²) >= 11 is 1.85. The highest BCUT2D eigenvalue weighted by Gasteiger charge is 2.20. The Balaban J connectivity index is 1.14. The molecule has 11 rings (SSSR count). The maximum Gasteiger partial charge on any atom is 0.145 e. The summed E-state index contributed by atoms with van der Waals surface area (Å²) in [6.45, 7) is 0. The van der Waals surface area contributed by atoms with Gasteiger partial charge < -0.3 is 8.98 Å². The monoisotopic (exact) mass is 692 g/mol. The molecule has 4 heteroatoms. The fourth-order valence-electron chi connectivity index (χ4n) is 8.08. The van der Waals surface area contributed by atoms with E-state index < -0.39 is 0 Å². The third-order valence-electron chi connectivity index (χ3n) is 10.6. The molecular formula is C49H28N2OS. The van der Waals surface area contributed by atoms with Gasteiger partial charge in [0, 0.05) is 42.0 Å². The summed E-state index contributed by atoms with van der Waals surface area (Å²) < 4.78 is 11.6. The van der Waals surface area contributed by atoms with Crippen LogP contribution in [-0.4, -0.2) is 4.57 Å². The number of benzene rings is 8. The van der Waals surface area contributed by atoms with Crippen LogP contribution in [-0.2, 0) is 0 Å². The van der Waals surface area contributed by atoms with Gasteiger partial charge in [-0.25, -0.2) is 0 Å². The summed E-state index contributed by atoms with van der Waals surface area (Å²) in [5, 5.41) is 16.4. The van der Waals surface area contributed by atoms with Crippen LogP contribution in [0.5, 0.6) is 0 Å². The highest BCUT2D eigenvalue weighted by atomic mass is 32.1. The molecule has 3 aromatic heterocycles. The number of hydrogen-bond donors (Lipinski definition) is 0. The molecule has 0 aliphatic rings. The van der Waals surface area contributed by atoms with Crippen molar-refractivity contribution in [3.63, 3.8) is 0 Å². The second kappa shape index (κ2) is 11.5. The molecule has 0 N–H and O–H groups in total. The maximum absolute atomic E-state index is 9.28. The first-order chi connectivity index (χ1) is 26.2. The van der Waals surface area contributed by atoms with Crippen molar-refractivity contribution < 1.29 is 4.42 Å². The van der Waals surface area contributed by atoms with Gasteiger partial charge >= 0.3 is 0 Å². The van der Waals surface area contributed by atoms with Gasteiger partial charge in [0.2, 0.25) is 0 Å². The molecule has 0 fully saturated rings. The Morgan fingerprint density at radius 3 is 1.85 bits per heavy atom. The zero-order valence-electron chi connectivity index (χ0n) is 28.4. The molecule has 3 nitrogen and oxygen atoms in total. The molecule has 0 saturated heterocycles. The summed E-state index contributed by atoms with van der Waals surface area (Å²) in [5.74, 6) is 0. The van der Waals surface area contributed by atoms with Crippen molar-refractivity contribution in [3.05, 3.63) is 175 Å². The van der Waals surface area contributed by atoms with E-state index in [1.165, 1.54) is 25.7 Å². The Bertz CT molecular complexity index is 3280. The van der Waals surface area contributed by atoms with Crippen LogP contribution in [0.15, 0.2) is 174 Å². The van der Waals surface area contributed by atoms with Crippen LogP contribution in [0.4, 0.5) is 0 Å². The zero-order valence-corrected chi connectivity index (χ0v) is 29.2. The molecule has 53 heavy (non-hydrogen) atoms. The smallest absolute Gasteiger partial charge is 0.145 e. The first kappa shape index (κ1) is 29.8. The molecular weight excluding hydrogens is 665 g/mol. The fraction of sp³-hybridized carbons (Fsp3) is 0. The number of aromatic nitrogens is 1. The van der Waals surface area contributed by atoms with Gasteiger partial charge in [0.1, 0.15) is 11.2 Å². The van der Waals surface area contributed by atoms with Gasteiger partial charge in [0.05, 0.1) is 28.1 Å². The number of thiophene rings is 1. The molecule has 3 heterocycles. The summed E-state index contributed by atoms with van der Waals surface area (Å²) in [6.07, 6.45) is 0. The van der Waals surface area contributed by atoms with Crippen molar-refractivity contribution in [3.8, 4) is 45.1 Å². The van der Waals surface area contributed by atoms with E-state index in [-0.39, 0.29) is 0 Å². The van der Waals surface area contributed by atoms with Crippen LogP contribution >= 0.6 is 11.3 Å². The molecule has 0 aliphatic carbocycles. The second-order valence-corrected chi connectivity index (χ2v) is 14.7. The summed E-state index contributed by atoms with van der Waals surface area (Å²) in [6, 6.07) is 62.7. The zero-order chi connectivity index (χ0) is 35.0. The Kier molecular flexibility index (Phi) is 6.48. The Labute approximate surface area is 308 Å². The third-order valence-corrected chi connectivity index (χ3v) is 11.8. The molecule has 0 bridgehead atoms. The standard InChI is InChI=1S/C49H28N2OS/c50-29-30-13-15-31(16-14-30)32-17-19-33(20-18-32)35-25-36(34-21-22-40-39-8-3-6-12-46(39)53-47(40)28-34)27-37(26-35)51-43-10-4-1-9-42(43)48-44(51)24-23-41-38-7-2-5-11-45(38)52-49(41)48/h1-28H. The SMILES string of the molecule is N#Cc1ccc(-c2ccc(-c3cc(-c4ccc5c(c4)sc4ccccc45)cc(-n4c5ccccc5c5c6oc7ccccc7c6ccc54)c3)cc2)cc1. The van der Waals surface area contributed by atoms with Gasteiger partial charge in [0.15, 0.2) is 0 Å². The number of furan rings is 1. The minimum Gasteiger partial charge on any atom is -0.455 e. The topological polar surface area (TPSA) is 41.9 Å². The Morgan fingerprint density at radius 2 is 1.06 bits per heavy atom. The molecule has 0 aliphatic heterocycles. The molecule has 246 valence electrons. The molecule has 0 atom stereocenters. The van der Waals surface area contributed by atoms with Crippen LogP contribution in [0, 0.1) is 11.3 Å². The molecule has 0 radical (unpaired) electrons. The second-order valence-electron chi connectivity index (χ2n) is 13.6. The van der Waals surface area contributed by atoms with E-state index in [1.54, 1.807) is 0 Å². The average molecular weight is 693 g/mol. The Hall–Kier alpha value is -6.93. The van der Waals surface area contributed by atoms with Crippen molar-refractivity contribution in [1.29, 1.82) is 5.26 Å². The molecule has 0 saturated carbocycles. The van der Waals surface area contributed by atoms with Crippen molar-refractivity contribution >= 4 is 75.3 Å². The van der Waals surface area contributed by atoms with Gasteiger partial charge in [-0.15, -0.1) is 11.3 Å². The first-order valence-corrected chi connectivity index (χ1v) is 18.5.